The van der Waals surface area contributed by atoms with E-state index in [2.05, 4.69) is 21.2 Å². The molecular weight excluding hydrogens is 326 g/mol. The molecule has 0 bridgehead atoms. The SMILES string of the molecule is COc1ccc([C@@H](C)NC(=O)c2ccsc2)cc1Br. The lowest BCUT2D eigenvalue weighted by atomic mass is 10.1. The minimum atomic E-state index is -0.0605. The first-order chi connectivity index (χ1) is 9.11. The summed E-state index contributed by atoms with van der Waals surface area (Å²) < 4.78 is 6.07. The zero-order valence-electron chi connectivity index (χ0n) is 10.6. The molecule has 100 valence electrons. The van der Waals surface area contributed by atoms with Gasteiger partial charge in [-0.15, -0.1) is 0 Å². The fourth-order valence-corrected chi connectivity index (χ4v) is 2.90. The molecule has 1 N–H and O–H groups in total. The monoisotopic (exact) mass is 339 g/mol. The van der Waals surface area contributed by atoms with Crippen molar-refractivity contribution >= 4 is 33.2 Å². The summed E-state index contributed by atoms with van der Waals surface area (Å²) >= 11 is 4.96. The number of hydrogen-bond acceptors (Lipinski definition) is 3. The van der Waals surface area contributed by atoms with Crippen LogP contribution in [0.25, 0.3) is 0 Å². The molecule has 19 heavy (non-hydrogen) atoms. The number of methoxy groups -OCH3 is 1. The minimum Gasteiger partial charge on any atom is -0.496 e. The normalized spacial score (nSPS) is 11.9. The number of halogens is 1. The fourth-order valence-electron chi connectivity index (χ4n) is 1.71. The standard InChI is InChI=1S/C14H14BrNO2S/c1-9(16-14(17)11-5-6-19-8-11)10-3-4-13(18-2)12(15)7-10/h3-9H,1-2H3,(H,16,17)/t9-/m1/s1. The molecule has 3 nitrogen and oxygen atoms in total. The van der Waals surface area contributed by atoms with Crippen LogP contribution >= 0.6 is 27.3 Å². The van der Waals surface area contributed by atoms with Crippen LogP contribution in [0.2, 0.25) is 0 Å². The molecule has 0 spiro atoms. The van der Waals surface area contributed by atoms with E-state index in [1.54, 1.807) is 7.11 Å². The number of rotatable bonds is 4. The van der Waals surface area contributed by atoms with Gasteiger partial charge in [0, 0.05) is 5.38 Å². The van der Waals surface area contributed by atoms with E-state index < -0.39 is 0 Å². The summed E-state index contributed by atoms with van der Waals surface area (Å²) in [6.07, 6.45) is 0. The molecule has 1 heterocycles. The maximum atomic E-state index is 12.0. The van der Waals surface area contributed by atoms with Gasteiger partial charge in [0.15, 0.2) is 0 Å². The Morgan fingerprint density at radius 1 is 1.42 bits per heavy atom. The van der Waals surface area contributed by atoms with Gasteiger partial charge in [0.25, 0.3) is 5.91 Å². The lowest BCUT2D eigenvalue weighted by molar-refractivity contribution is 0.0940. The fraction of sp³-hybridized carbons (Fsp3) is 0.214. The lowest BCUT2D eigenvalue weighted by Crippen LogP contribution is -2.26. The second-order valence-electron chi connectivity index (χ2n) is 4.10. The Kier molecular flexibility index (Phi) is 4.61. The van der Waals surface area contributed by atoms with Crippen LogP contribution in [0.1, 0.15) is 28.9 Å². The summed E-state index contributed by atoms with van der Waals surface area (Å²) in [6, 6.07) is 7.54. The molecule has 1 aromatic carbocycles. The Labute approximate surface area is 124 Å². The van der Waals surface area contributed by atoms with Gasteiger partial charge in [-0.3, -0.25) is 4.79 Å². The van der Waals surface area contributed by atoms with Crippen LogP contribution in [0.5, 0.6) is 5.75 Å². The van der Waals surface area contributed by atoms with E-state index in [9.17, 15) is 4.79 Å². The summed E-state index contributed by atoms with van der Waals surface area (Å²) in [7, 11) is 1.63. The molecule has 2 rings (SSSR count). The van der Waals surface area contributed by atoms with Crippen molar-refractivity contribution in [2.24, 2.45) is 0 Å². The number of ether oxygens (including phenoxy) is 1. The van der Waals surface area contributed by atoms with E-state index >= 15 is 0 Å². The van der Waals surface area contributed by atoms with Crippen LogP contribution in [-0.2, 0) is 0 Å². The summed E-state index contributed by atoms with van der Waals surface area (Å²) in [5.74, 6) is 0.723. The molecule has 0 aliphatic rings. The molecule has 0 aliphatic carbocycles. The highest BCUT2D eigenvalue weighted by Crippen LogP contribution is 2.28. The first kappa shape index (κ1) is 14.1. The molecule has 2 aromatic rings. The van der Waals surface area contributed by atoms with Gasteiger partial charge in [-0.05, 0) is 52.0 Å². The van der Waals surface area contributed by atoms with Gasteiger partial charge >= 0.3 is 0 Å². The number of benzene rings is 1. The molecule has 0 fully saturated rings. The van der Waals surface area contributed by atoms with E-state index in [1.165, 1.54) is 11.3 Å². The van der Waals surface area contributed by atoms with Crippen molar-refractivity contribution < 1.29 is 9.53 Å². The van der Waals surface area contributed by atoms with Crippen LogP contribution in [0.15, 0.2) is 39.5 Å². The summed E-state index contributed by atoms with van der Waals surface area (Å²) in [6.45, 7) is 1.96. The Hall–Kier alpha value is -1.33. The van der Waals surface area contributed by atoms with Gasteiger partial charge in [-0.2, -0.15) is 11.3 Å². The number of carbonyl (C=O) groups is 1. The van der Waals surface area contributed by atoms with Crippen molar-refractivity contribution in [3.63, 3.8) is 0 Å². The van der Waals surface area contributed by atoms with Crippen LogP contribution in [-0.4, -0.2) is 13.0 Å². The van der Waals surface area contributed by atoms with E-state index in [-0.39, 0.29) is 11.9 Å². The smallest absolute Gasteiger partial charge is 0.252 e. The number of hydrogen-bond donors (Lipinski definition) is 1. The molecular formula is C14H14BrNO2S. The summed E-state index contributed by atoms with van der Waals surface area (Å²) in [5.41, 5.74) is 1.72. The predicted molar refractivity (Wildman–Crippen MR) is 80.9 cm³/mol. The summed E-state index contributed by atoms with van der Waals surface area (Å²) in [4.78, 5) is 12.0. The maximum absolute atomic E-state index is 12.0. The highest BCUT2D eigenvalue weighted by atomic mass is 79.9. The molecule has 0 unspecified atom stereocenters. The Bertz CT molecular complexity index is 569. The first-order valence-corrected chi connectivity index (χ1v) is 7.52. The molecule has 0 radical (unpaired) electrons. The van der Waals surface area contributed by atoms with Gasteiger partial charge in [0.2, 0.25) is 0 Å². The highest BCUT2D eigenvalue weighted by molar-refractivity contribution is 9.10. The van der Waals surface area contributed by atoms with Gasteiger partial charge < -0.3 is 10.1 Å². The topological polar surface area (TPSA) is 38.3 Å². The van der Waals surface area contributed by atoms with E-state index in [1.807, 2.05) is 41.9 Å². The van der Waals surface area contributed by atoms with Crippen LogP contribution < -0.4 is 10.1 Å². The molecule has 5 heteroatoms. The predicted octanol–water partition coefficient (Wildman–Crippen LogP) is 4.01. The molecule has 1 amide bonds. The number of amides is 1. The van der Waals surface area contributed by atoms with Crippen LogP contribution in [0, 0.1) is 0 Å². The second kappa shape index (κ2) is 6.21. The van der Waals surface area contributed by atoms with Gasteiger partial charge in [0.05, 0.1) is 23.2 Å². The average Bonchev–Trinajstić information content (AvgIpc) is 2.92. The van der Waals surface area contributed by atoms with Gasteiger partial charge in [-0.25, -0.2) is 0 Å². The van der Waals surface area contributed by atoms with Crippen molar-refractivity contribution in [2.75, 3.05) is 7.11 Å². The van der Waals surface area contributed by atoms with E-state index in [4.69, 9.17) is 4.74 Å². The van der Waals surface area contributed by atoms with E-state index in [0.717, 1.165) is 15.8 Å². The molecule has 1 aromatic heterocycles. The first-order valence-electron chi connectivity index (χ1n) is 5.78. The number of thiophene rings is 1. The third-order valence-electron chi connectivity index (χ3n) is 2.81. The quantitative estimate of drug-likeness (QED) is 0.913. The average molecular weight is 340 g/mol. The zero-order chi connectivity index (χ0) is 13.8. The Balaban J connectivity index is 2.09. The van der Waals surface area contributed by atoms with Gasteiger partial charge in [-0.1, -0.05) is 6.07 Å². The van der Waals surface area contributed by atoms with E-state index in [0.29, 0.717) is 5.56 Å². The largest absolute Gasteiger partial charge is 0.496 e. The lowest BCUT2D eigenvalue weighted by Gasteiger charge is -2.15. The van der Waals surface area contributed by atoms with Crippen molar-refractivity contribution in [3.8, 4) is 5.75 Å². The molecule has 0 aliphatic heterocycles. The molecule has 0 saturated carbocycles. The Morgan fingerprint density at radius 2 is 2.21 bits per heavy atom. The Morgan fingerprint density at radius 3 is 2.79 bits per heavy atom. The molecule has 1 atom stereocenters. The second-order valence-corrected chi connectivity index (χ2v) is 5.74. The minimum absolute atomic E-state index is 0.0549. The van der Waals surface area contributed by atoms with Crippen molar-refractivity contribution in [2.45, 2.75) is 13.0 Å². The number of carbonyl (C=O) groups excluding carboxylic acids is 1. The maximum Gasteiger partial charge on any atom is 0.252 e. The molecule has 0 saturated heterocycles. The van der Waals surface area contributed by atoms with Crippen molar-refractivity contribution in [1.82, 2.24) is 5.32 Å². The third-order valence-corrected chi connectivity index (χ3v) is 4.11. The van der Waals surface area contributed by atoms with Crippen LogP contribution in [0.4, 0.5) is 0 Å². The highest BCUT2D eigenvalue weighted by Gasteiger charge is 2.13. The third kappa shape index (κ3) is 3.36. The summed E-state index contributed by atoms with van der Waals surface area (Å²) in [5, 5.41) is 6.70. The van der Waals surface area contributed by atoms with Crippen molar-refractivity contribution in [3.05, 3.63) is 50.6 Å². The van der Waals surface area contributed by atoms with Gasteiger partial charge in [0.1, 0.15) is 5.75 Å². The number of nitrogens with one attached hydrogen (secondary N) is 1. The van der Waals surface area contributed by atoms with Crippen LogP contribution in [0.3, 0.4) is 0 Å². The van der Waals surface area contributed by atoms with Crippen molar-refractivity contribution in [1.29, 1.82) is 0 Å². The zero-order valence-corrected chi connectivity index (χ0v) is 13.0.